The van der Waals surface area contributed by atoms with Crippen molar-refractivity contribution in [2.45, 2.75) is 6.42 Å². The Bertz CT molecular complexity index is 760. The molecule has 3 N–H and O–H groups in total. The first-order valence-corrected chi connectivity index (χ1v) is 6.61. The van der Waals surface area contributed by atoms with Crippen molar-refractivity contribution < 1.29 is 14.7 Å². The summed E-state index contributed by atoms with van der Waals surface area (Å²) in [7, 11) is 0. The van der Waals surface area contributed by atoms with Gasteiger partial charge >= 0.3 is 5.97 Å². The van der Waals surface area contributed by atoms with E-state index in [2.05, 4.69) is 10.6 Å². The maximum absolute atomic E-state index is 11.8. The van der Waals surface area contributed by atoms with Crippen molar-refractivity contribution in [3.05, 3.63) is 48.2 Å². The molecule has 1 heterocycles. The van der Waals surface area contributed by atoms with E-state index in [1.54, 1.807) is 6.20 Å². The lowest BCUT2D eigenvalue weighted by Gasteiger charge is -2.19. The first-order valence-electron chi connectivity index (χ1n) is 6.61. The fraction of sp³-hybridized carbons (Fsp3) is 0.125. The molecule has 21 heavy (non-hydrogen) atoms. The Morgan fingerprint density at radius 1 is 1.14 bits per heavy atom. The zero-order valence-corrected chi connectivity index (χ0v) is 11.2. The molecule has 0 saturated carbocycles. The van der Waals surface area contributed by atoms with Gasteiger partial charge in [-0.25, -0.2) is 0 Å². The van der Waals surface area contributed by atoms with E-state index in [-0.39, 0.29) is 18.9 Å². The molecule has 3 rings (SSSR count). The van der Waals surface area contributed by atoms with Crippen LogP contribution in [0.1, 0.15) is 12.0 Å². The molecule has 0 fully saturated rings. The van der Waals surface area contributed by atoms with Gasteiger partial charge < -0.3 is 15.7 Å². The maximum atomic E-state index is 11.8. The van der Waals surface area contributed by atoms with Gasteiger partial charge in [0.05, 0.1) is 6.42 Å². The minimum atomic E-state index is -1.05. The van der Waals surface area contributed by atoms with Gasteiger partial charge in [-0.1, -0.05) is 30.3 Å². The van der Waals surface area contributed by atoms with Crippen LogP contribution in [0.4, 0.5) is 5.69 Å². The summed E-state index contributed by atoms with van der Waals surface area (Å²) in [5, 5.41) is 16.3. The molecule has 0 unspecified atom stereocenters. The predicted molar refractivity (Wildman–Crippen MR) is 80.8 cm³/mol. The van der Waals surface area contributed by atoms with Crippen molar-refractivity contribution in [2.24, 2.45) is 0 Å². The summed E-state index contributed by atoms with van der Waals surface area (Å²) in [4.78, 5) is 22.3. The number of carboxylic acids is 1. The third-order valence-corrected chi connectivity index (χ3v) is 3.44. The van der Waals surface area contributed by atoms with Gasteiger partial charge in [0.2, 0.25) is 5.91 Å². The first kappa shape index (κ1) is 13.2. The predicted octanol–water partition coefficient (Wildman–Crippen LogP) is 2.20. The van der Waals surface area contributed by atoms with Crippen LogP contribution in [-0.4, -0.2) is 23.5 Å². The number of rotatable bonds is 4. The standard InChI is InChI=1S/C16H14N2O3/c19-14(18-9-15(20)21)7-11-8-17-13-6-2-4-10-3-1-5-12(11)16(10)13/h1-6,8,17H,7,9H2,(H,18,19)(H,20,21). The third-order valence-electron chi connectivity index (χ3n) is 3.44. The smallest absolute Gasteiger partial charge is 0.322 e. The summed E-state index contributed by atoms with van der Waals surface area (Å²) < 4.78 is 0. The molecule has 0 aliphatic carbocycles. The first-order chi connectivity index (χ1) is 10.1. The highest BCUT2D eigenvalue weighted by Crippen LogP contribution is 2.35. The summed E-state index contributed by atoms with van der Waals surface area (Å²) in [5.41, 5.74) is 2.87. The Balaban J connectivity index is 1.88. The second-order valence-corrected chi connectivity index (χ2v) is 4.87. The molecule has 0 spiro atoms. The zero-order valence-electron chi connectivity index (χ0n) is 11.2. The molecule has 5 heteroatoms. The van der Waals surface area contributed by atoms with Crippen molar-refractivity contribution in [3.8, 4) is 0 Å². The number of anilines is 1. The molecule has 0 atom stereocenters. The second kappa shape index (κ2) is 5.28. The van der Waals surface area contributed by atoms with Crippen LogP contribution in [0.15, 0.2) is 42.6 Å². The highest BCUT2D eigenvalue weighted by Gasteiger charge is 2.16. The Labute approximate surface area is 121 Å². The van der Waals surface area contributed by atoms with Gasteiger partial charge in [0.25, 0.3) is 0 Å². The molecular weight excluding hydrogens is 268 g/mol. The van der Waals surface area contributed by atoms with Crippen LogP contribution in [0.25, 0.3) is 16.3 Å². The maximum Gasteiger partial charge on any atom is 0.322 e. The molecule has 0 aromatic heterocycles. The minimum Gasteiger partial charge on any atom is -0.480 e. The van der Waals surface area contributed by atoms with Gasteiger partial charge in [0, 0.05) is 17.3 Å². The van der Waals surface area contributed by atoms with Crippen molar-refractivity contribution in [3.63, 3.8) is 0 Å². The van der Waals surface area contributed by atoms with E-state index in [1.807, 2.05) is 36.4 Å². The zero-order chi connectivity index (χ0) is 14.8. The summed E-state index contributed by atoms with van der Waals surface area (Å²) in [6.45, 7) is -0.361. The Morgan fingerprint density at radius 2 is 1.90 bits per heavy atom. The molecule has 1 aliphatic rings. The number of nitrogens with one attached hydrogen (secondary N) is 2. The number of amides is 1. The number of benzene rings is 2. The van der Waals surface area contributed by atoms with Gasteiger partial charge in [-0.05, 0) is 22.6 Å². The summed E-state index contributed by atoms with van der Waals surface area (Å²) in [6, 6.07) is 11.9. The van der Waals surface area contributed by atoms with E-state index in [0.717, 1.165) is 27.6 Å². The fourth-order valence-corrected chi connectivity index (χ4v) is 2.53. The summed E-state index contributed by atoms with van der Waals surface area (Å²) in [6.07, 6.45) is 1.95. The average molecular weight is 282 g/mol. The fourth-order valence-electron chi connectivity index (χ4n) is 2.53. The monoisotopic (exact) mass is 282 g/mol. The van der Waals surface area contributed by atoms with E-state index in [0.29, 0.717) is 0 Å². The van der Waals surface area contributed by atoms with E-state index < -0.39 is 5.97 Å². The van der Waals surface area contributed by atoms with Crippen molar-refractivity contribution in [1.29, 1.82) is 0 Å². The van der Waals surface area contributed by atoms with E-state index >= 15 is 0 Å². The van der Waals surface area contributed by atoms with Gasteiger partial charge in [-0.3, -0.25) is 9.59 Å². The van der Waals surface area contributed by atoms with E-state index in [9.17, 15) is 9.59 Å². The number of hydrogen-bond acceptors (Lipinski definition) is 3. The lowest BCUT2D eigenvalue weighted by Crippen LogP contribution is -2.29. The van der Waals surface area contributed by atoms with Gasteiger partial charge in [0.1, 0.15) is 6.54 Å². The molecule has 0 bridgehead atoms. The van der Waals surface area contributed by atoms with E-state index in [1.165, 1.54) is 0 Å². The topological polar surface area (TPSA) is 78.4 Å². The van der Waals surface area contributed by atoms with Gasteiger partial charge in [-0.2, -0.15) is 0 Å². The normalized spacial score (nSPS) is 12.5. The molecule has 0 saturated heterocycles. The second-order valence-electron chi connectivity index (χ2n) is 4.87. The number of hydrogen-bond donors (Lipinski definition) is 3. The van der Waals surface area contributed by atoms with Crippen LogP contribution in [0.3, 0.4) is 0 Å². The van der Waals surface area contributed by atoms with Crippen molar-refractivity contribution in [1.82, 2.24) is 5.32 Å². The van der Waals surface area contributed by atoms with Crippen LogP contribution in [0, 0.1) is 0 Å². The van der Waals surface area contributed by atoms with Gasteiger partial charge in [-0.15, -0.1) is 0 Å². The highest BCUT2D eigenvalue weighted by molar-refractivity contribution is 6.07. The molecule has 0 radical (unpaired) electrons. The third kappa shape index (κ3) is 2.58. The summed E-state index contributed by atoms with van der Waals surface area (Å²) >= 11 is 0. The van der Waals surface area contributed by atoms with Crippen molar-refractivity contribution in [2.75, 3.05) is 11.9 Å². The summed E-state index contributed by atoms with van der Waals surface area (Å²) in [5.74, 6) is -1.35. The quantitative estimate of drug-likeness (QED) is 0.803. The van der Waals surface area contributed by atoms with Crippen LogP contribution in [0.5, 0.6) is 0 Å². The Kier molecular flexibility index (Phi) is 3.31. The van der Waals surface area contributed by atoms with Crippen LogP contribution in [0.2, 0.25) is 0 Å². The molecular formula is C16H14N2O3. The molecule has 2 aromatic rings. The molecule has 1 aliphatic heterocycles. The highest BCUT2D eigenvalue weighted by atomic mass is 16.4. The number of aliphatic carboxylic acids is 1. The molecule has 1 amide bonds. The molecule has 2 aromatic carbocycles. The Morgan fingerprint density at radius 3 is 2.67 bits per heavy atom. The molecule has 5 nitrogen and oxygen atoms in total. The van der Waals surface area contributed by atoms with Crippen molar-refractivity contribution >= 4 is 33.9 Å². The average Bonchev–Trinajstić information content (AvgIpc) is 2.48. The van der Waals surface area contributed by atoms with Crippen LogP contribution < -0.4 is 10.6 Å². The number of carbonyl (C=O) groups is 2. The van der Waals surface area contributed by atoms with E-state index in [4.69, 9.17) is 5.11 Å². The van der Waals surface area contributed by atoms with Crippen LogP contribution in [-0.2, 0) is 9.59 Å². The lowest BCUT2D eigenvalue weighted by atomic mass is 9.93. The lowest BCUT2D eigenvalue weighted by molar-refractivity contribution is -0.137. The number of carboxylic acid groups (broad SMARTS) is 1. The largest absolute Gasteiger partial charge is 0.480 e. The number of carbonyl (C=O) groups excluding carboxylic acids is 1. The van der Waals surface area contributed by atoms with Gasteiger partial charge in [0.15, 0.2) is 0 Å². The molecule has 106 valence electrons. The minimum absolute atomic E-state index is 0.147. The Hall–Kier alpha value is -2.82. The van der Waals surface area contributed by atoms with Crippen LogP contribution >= 0.6 is 0 Å². The SMILES string of the molecule is O=C(O)CNC(=O)CC1=CNc2cccc3cccc1c23.